The van der Waals surface area contributed by atoms with E-state index in [4.69, 9.17) is 9.47 Å². The molecule has 1 aliphatic heterocycles. The fourth-order valence-electron chi connectivity index (χ4n) is 2.17. The molecule has 1 aromatic rings. The quantitative estimate of drug-likeness (QED) is 0.859. The first-order valence-electron chi connectivity index (χ1n) is 7.08. The summed E-state index contributed by atoms with van der Waals surface area (Å²) in [6.45, 7) is 0.880. The average molecular weight is 334 g/mol. The minimum absolute atomic E-state index is 0.0179. The first-order valence-corrected chi connectivity index (χ1v) is 7.08. The first-order chi connectivity index (χ1) is 10.8. The molecule has 0 saturated carbocycles. The van der Waals surface area contributed by atoms with Gasteiger partial charge in [-0.15, -0.1) is 0 Å². The van der Waals surface area contributed by atoms with Gasteiger partial charge < -0.3 is 19.7 Å². The fraction of sp³-hybridized carbons (Fsp3) is 0.533. The molecular weight excluding hydrogens is 317 g/mol. The van der Waals surface area contributed by atoms with Crippen molar-refractivity contribution in [1.29, 1.82) is 0 Å². The Bertz CT molecular complexity index is 523. The van der Waals surface area contributed by atoms with Gasteiger partial charge >= 0.3 is 6.18 Å². The van der Waals surface area contributed by atoms with Crippen LogP contribution in [0.15, 0.2) is 24.3 Å². The summed E-state index contributed by atoms with van der Waals surface area (Å²) in [7, 11) is 0. The van der Waals surface area contributed by atoms with Gasteiger partial charge in [0.1, 0.15) is 12.2 Å². The Hall–Kier alpha value is -1.48. The maximum Gasteiger partial charge on any atom is 0.416 e. The van der Waals surface area contributed by atoms with Gasteiger partial charge in [-0.05, 0) is 24.1 Å². The number of alkyl halides is 3. The molecule has 1 aromatic carbocycles. The zero-order valence-corrected chi connectivity index (χ0v) is 12.1. The van der Waals surface area contributed by atoms with E-state index in [0.717, 1.165) is 24.3 Å². The molecule has 0 aromatic heterocycles. The second-order valence-corrected chi connectivity index (χ2v) is 5.20. The van der Waals surface area contributed by atoms with Crippen molar-refractivity contribution in [2.24, 2.45) is 0 Å². The molecule has 1 aliphatic rings. The maximum atomic E-state index is 12.5. The number of aliphatic hydroxyl groups excluding tert-OH is 2. The standard InChI is InChI=1S/C15H17F3O5/c16-15(17,18)10-4-2-9(3-5-10)13(20)14(21)11(19)8-12-22-6-1-7-23-12/h2-5,12-14,20-21H,1,6-8H2/t13-,14-/m1/s1. The summed E-state index contributed by atoms with van der Waals surface area (Å²) in [5.41, 5.74) is -0.859. The summed E-state index contributed by atoms with van der Waals surface area (Å²) in [6, 6.07) is 3.61. The molecule has 23 heavy (non-hydrogen) atoms. The Kier molecular flexibility index (Phi) is 5.74. The van der Waals surface area contributed by atoms with Crippen molar-refractivity contribution in [3.8, 4) is 0 Å². The molecular formula is C15H17F3O5. The van der Waals surface area contributed by atoms with Crippen molar-refractivity contribution in [2.75, 3.05) is 13.2 Å². The number of ketones is 1. The molecule has 8 heteroatoms. The van der Waals surface area contributed by atoms with Crippen molar-refractivity contribution in [3.63, 3.8) is 0 Å². The number of ether oxygens (including phenoxy) is 2. The topological polar surface area (TPSA) is 76.0 Å². The number of hydrogen-bond donors (Lipinski definition) is 2. The van der Waals surface area contributed by atoms with E-state index in [0.29, 0.717) is 19.6 Å². The lowest BCUT2D eigenvalue weighted by Gasteiger charge is -2.24. The lowest BCUT2D eigenvalue weighted by molar-refractivity contribution is -0.186. The van der Waals surface area contributed by atoms with E-state index >= 15 is 0 Å². The van der Waals surface area contributed by atoms with Crippen LogP contribution in [-0.4, -0.2) is 41.6 Å². The summed E-state index contributed by atoms with van der Waals surface area (Å²) in [6.07, 6.45) is -8.17. The minimum Gasteiger partial charge on any atom is -0.385 e. The van der Waals surface area contributed by atoms with Crippen LogP contribution >= 0.6 is 0 Å². The van der Waals surface area contributed by atoms with E-state index in [2.05, 4.69) is 0 Å². The monoisotopic (exact) mass is 334 g/mol. The number of carbonyl (C=O) groups is 1. The molecule has 0 amide bonds. The Morgan fingerprint density at radius 2 is 1.74 bits per heavy atom. The van der Waals surface area contributed by atoms with Gasteiger partial charge in [-0.25, -0.2) is 0 Å². The van der Waals surface area contributed by atoms with Crippen molar-refractivity contribution < 1.29 is 37.7 Å². The smallest absolute Gasteiger partial charge is 0.385 e. The third kappa shape index (κ3) is 4.74. The number of carbonyl (C=O) groups excluding carboxylic acids is 1. The van der Waals surface area contributed by atoms with Crippen LogP contribution < -0.4 is 0 Å². The fourth-order valence-corrected chi connectivity index (χ4v) is 2.17. The molecule has 1 saturated heterocycles. The number of rotatable bonds is 5. The van der Waals surface area contributed by atoms with Gasteiger partial charge in [-0.3, -0.25) is 4.79 Å². The van der Waals surface area contributed by atoms with Crippen molar-refractivity contribution in [3.05, 3.63) is 35.4 Å². The summed E-state index contributed by atoms with van der Waals surface area (Å²) >= 11 is 0. The third-order valence-corrected chi connectivity index (χ3v) is 3.47. The predicted molar refractivity (Wildman–Crippen MR) is 72.3 cm³/mol. The van der Waals surface area contributed by atoms with Gasteiger partial charge in [-0.2, -0.15) is 13.2 Å². The van der Waals surface area contributed by atoms with Crippen LogP contribution in [-0.2, 0) is 20.4 Å². The molecule has 0 bridgehead atoms. The van der Waals surface area contributed by atoms with Crippen molar-refractivity contribution in [1.82, 2.24) is 0 Å². The van der Waals surface area contributed by atoms with Crippen LogP contribution in [0, 0.1) is 0 Å². The molecule has 5 nitrogen and oxygen atoms in total. The molecule has 2 rings (SSSR count). The second-order valence-electron chi connectivity index (χ2n) is 5.20. The van der Waals surface area contributed by atoms with Crippen molar-refractivity contribution >= 4 is 5.78 Å². The van der Waals surface area contributed by atoms with Gasteiger partial charge in [0.25, 0.3) is 0 Å². The highest BCUT2D eigenvalue weighted by Crippen LogP contribution is 2.30. The van der Waals surface area contributed by atoms with Crippen LogP contribution in [0.4, 0.5) is 13.2 Å². The molecule has 0 spiro atoms. The van der Waals surface area contributed by atoms with Crippen LogP contribution in [0.2, 0.25) is 0 Å². The number of aliphatic hydroxyl groups is 2. The summed E-state index contributed by atoms with van der Waals surface area (Å²) in [5, 5.41) is 19.8. The number of halogens is 3. The molecule has 1 heterocycles. The van der Waals surface area contributed by atoms with E-state index < -0.39 is 36.0 Å². The average Bonchev–Trinajstić information content (AvgIpc) is 2.53. The number of benzene rings is 1. The molecule has 128 valence electrons. The zero-order valence-electron chi connectivity index (χ0n) is 12.1. The van der Waals surface area contributed by atoms with E-state index in [1.807, 2.05) is 0 Å². The Labute approximate surface area is 130 Å². The predicted octanol–water partition coefficient (Wildman–Crippen LogP) is 1.82. The van der Waals surface area contributed by atoms with Gasteiger partial charge in [0.2, 0.25) is 0 Å². The van der Waals surface area contributed by atoms with Gasteiger partial charge in [0, 0.05) is 0 Å². The van der Waals surface area contributed by atoms with E-state index in [-0.39, 0.29) is 12.0 Å². The van der Waals surface area contributed by atoms with Gasteiger partial charge in [0.05, 0.1) is 25.2 Å². The number of hydrogen-bond acceptors (Lipinski definition) is 5. The molecule has 2 N–H and O–H groups in total. The lowest BCUT2D eigenvalue weighted by atomic mass is 9.98. The first kappa shape index (κ1) is 17.9. The SMILES string of the molecule is O=C(CC1OCCCO1)[C@@H](O)[C@H](O)c1ccc(C(F)(F)F)cc1. The molecule has 0 unspecified atom stereocenters. The molecule has 1 fully saturated rings. The largest absolute Gasteiger partial charge is 0.416 e. The Morgan fingerprint density at radius 3 is 2.26 bits per heavy atom. The van der Waals surface area contributed by atoms with E-state index in [1.54, 1.807) is 0 Å². The highest BCUT2D eigenvalue weighted by Gasteiger charge is 2.32. The Morgan fingerprint density at radius 1 is 1.17 bits per heavy atom. The van der Waals surface area contributed by atoms with Crippen LogP contribution in [0.3, 0.4) is 0 Å². The van der Waals surface area contributed by atoms with E-state index in [1.165, 1.54) is 0 Å². The van der Waals surface area contributed by atoms with Crippen LogP contribution in [0.25, 0.3) is 0 Å². The normalized spacial score (nSPS) is 19.3. The third-order valence-electron chi connectivity index (χ3n) is 3.47. The van der Waals surface area contributed by atoms with Crippen LogP contribution in [0.5, 0.6) is 0 Å². The summed E-state index contributed by atoms with van der Waals surface area (Å²) in [5.74, 6) is -0.704. The zero-order chi connectivity index (χ0) is 17.0. The highest BCUT2D eigenvalue weighted by molar-refractivity contribution is 5.83. The highest BCUT2D eigenvalue weighted by atomic mass is 19.4. The summed E-state index contributed by atoms with van der Waals surface area (Å²) in [4.78, 5) is 11.9. The van der Waals surface area contributed by atoms with Crippen molar-refractivity contribution in [2.45, 2.75) is 37.5 Å². The molecule has 0 radical (unpaired) electrons. The Balaban J connectivity index is 1.97. The van der Waals surface area contributed by atoms with Gasteiger partial charge in [-0.1, -0.05) is 12.1 Å². The second kappa shape index (κ2) is 7.39. The lowest BCUT2D eigenvalue weighted by Crippen LogP contribution is -2.34. The maximum absolute atomic E-state index is 12.5. The number of Topliss-reactive ketones (excluding diaryl/α,β-unsaturated/α-hetero) is 1. The molecule has 2 atom stereocenters. The van der Waals surface area contributed by atoms with Crippen LogP contribution in [0.1, 0.15) is 30.1 Å². The van der Waals surface area contributed by atoms with E-state index in [9.17, 15) is 28.2 Å². The minimum atomic E-state index is -4.49. The van der Waals surface area contributed by atoms with Gasteiger partial charge in [0.15, 0.2) is 12.1 Å². The molecule has 0 aliphatic carbocycles. The summed E-state index contributed by atoms with van der Waals surface area (Å²) < 4.78 is 47.8.